The average molecular weight is 454 g/mol. The Balaban J connectivity index is 2.35. The molecule has 150 valence electrons. The number of amides is 1. The molecular weight excluding hydrogens is 433 g/mol. The summed E-state index contributed by atoms with van der Waals surface area (Å²) in [7, 11) is 0. The van der Waals surface area contributed by atoms with Crippen LogP contribution in [0.1, 0.15) is 48.4 Å². The van der Waals surface area contributed by atoms with Crippen LogP contribution in [-0.2, 0) is 0 Å². The first-order valence-corrected chi connectivity index (χ1v) is 9.38. The van der Waals surface area contributed by atoms with Crippen molar-refractivity contribution in [2.75, 3.05) is 5.32 Å². The Bertz CT molecular complexity index is 867. The molecule has 0 fully saturated rings. The summed E-state index contributed by atoms with van der Waals surface area (Å²) < 4.78 is 25.9. The number of rotatable bonds is 7. The zero-order chi connectivity index (χ0) is 21.0. The van der Waals surface area contributed by atoms with Crippen molar-refractivity contribution < 1.29 is 28.6 Å². The number of hydrogen-bond acceptors (Lipinski definition) is 4. The van der Waals surface area contributed by atoms with Crippen LogP contribution in [0.4, 0.5) is 10.1 Å². The van der Waals surface area contributed by atoms with Crippen LogP contribution in [-0.4, -0.2) is 29.2 Å². The second-order valence-electron chi connectivity index (χ2n) is 6.57. The number of carboxylic acid groups (broad SMARTS) is 1. The Morgan fingerprint density at radius 3 is 2.00 bits per heavy atom. The number of ether oxygens (including phenoxy) is 2. The number of carboxylic acids is 1. The summed E-state index contributed by atoms with van der Waals surface area (Å²) in [6.45, 7) is 7.42. The predicted molar refractivity (Wildman–Crippen MR) is 107 cm³/mol. The van der Waals surface area contributed by atoms with Crippen molar-refractivity contribution in [3.63, 3.8) is 0 Å². The molecule has 2 rings (SSSR count). The highest BCUT2D eigenvalue weighted by atomic mass is 79.9. The Hall–Kier alpha value is -2.61. The van der Waals surface area contributed by atoms with Crippen molar-refractivity contribution in [3.8, 4) is 11.5 Å². The van der Waals surface area contributed by atoms with Gasteiger partial charge in [-0.1, -0.05) is 0 Å². The summed E-state index contributed by atoms with van der Waals surface area (Å²) in [6.07, 6.45) is -0.252. The van der Waals surface area contributed by atoms with Gasteiger partial charge < -0.3 is 19.9 Å². The molecule has 1 amide bonds. The van der Waals surface area contributed by atoms with Crippen LogP contribution in [0.15, 0.2) is 34.8 Å². The largest absolute Gasteiger partial charge is 0.490 e. The molecule has 0 spiro atoms. The summed E-state index contributed by atoms with van der Waals surface area (Å²) >= 11 is 3.43. The number of halogens is 2. The molecule has 2 aromatic carbocycles. The summed E-state index contributed by atoms with van der Waals surface area (Å²) in [4.78, 5) is 23.6. The Morgan fingerprint density at radius 2 is 1.57 bits per heavy atom. The number of carbonyl (C=O) groups excluding carboxylic acids is 1. The fourth-order valence-electron chi connectivity index (χ4n) is 2.35. The third kappa shape index (κ3) is 5.45. The van der Waals surface area contributed by atoms with Gasteiger partial charge in [0, 0.05) is 11.3 Å². The minimum absolute atomic E-state index is 0.126. The molecule has 0 aliphatic rings. The molecule has 28 heavy (non-hydrogen) atoms. The van der Waals surface area contributed by atoms with Crippen LogP contribution in [0.2, 0.25) is 0 Å². The van der Waals surface area contributed by atoms with Crippen molar-refractivity contribution in [2.45, 2.75) is 39.9 Å². The van der Waals surface area contributed by atoms with Gasteiger partial charge in [-0.3, -0.25) is 4.79 Å². The lowest BCUT2D eigenvalue weighted by molar-refractivity contribution is 0.0691. The molecule has 0 unspecified atom stereocenters. The number of benzene rings is 2. The number of nitrogens with one attached hydrogen (secondary N) is 1. The Kier molecular flexibility index (Phi) is 7.01. The van der Waals surface area contributed by atoms with E-state index >= 15 is 0 Å². The Labute approximate surface area is 170 Å². The second-order valence-corrected chi connectivity index (χ2v) is 7.37. The molecule has 0 heterocycles. The smallest absolute Gasteiger partial charge is 0.338 e. The van der Waals surface area contributed by atoms with E-state index in [1.807, 2.05) is 27.7 Å². The molecule has 0 aliphatic heterocycles. The number of hydrogen-bond donors (Lipinski definition) is 2. The Morgan fingerprint density at radius 1 is 1.04 bits per heavy atom. The molecule has 0 aromatic heterocycles. The maximum atomic E-state index is 13.8. The van der Waals surface area contributed by atoms with E-state index in [0.717, 1.165) is 12.1 Å². The fraction of sp³-hybridized carbons (Fsp3) is 0.300. The second kappa shape index (κ2) is 9.05. The predicted octanol–water partition coefficient (Wildman–Crippen LogP) is 5.11. The van der Waals surface area contributed by atoms with Gasteiger partial charge in [-0.05, 0) is 74.0 Å². The minimum Gasteiger partial charge on any atom is -0.490 e. The van der Waals surface area contributed by atoms with Crippen LogP contribution >= 0.6 is 15.9 Å². The van der Waals surface area contributed by atoms with E-state index in [1.165, 1.54) is 6.07 Å². The van der Waals surface area contributed by atoms with Gasteiger partial charge in [-0.15, -0.1) is 0 Å². The van der Waals surface area contributed by atoms with Gasteiger partial charge in [0.25, 0.3) is 5.91 Å². The molecule has 2 N–H and O–H groups in total. The molecule has 8 heteroatoms. The monoisotopic (exact) mass is 453 g/mol. The van der Waals surface area contributed by atoms with Gasteiger partial charge in [0.15, 0.2) is 0 Å². The summed E-state index contributed by atoms with van der Waals surface area (Å²) in [6, 6.07) is 6.47. The highest BCUT2D eigenvalue weighted by Crippen LogP contribution is 2.37. The van der Waals surface area contributed by atoms with Crippen molar-refractivity contribution >= 4 is 33.5 Å². The van der Waals surface area contributed by atoms with Gasteiger partial charge in [0.05, 0.1) is 17.8 Å². The number of aromatic carboxylic acids is 1. The minimum atomic E-state index is -1.38. The first-order chi connectivity index (χ1) is 13.1. The van der Waals surface area contributed by atoms with Gasteiger partial charge >= 0.3 is 5.97 Å². The maximum absolute atomic E-state index is 13.8. The highest BCUT2D eigenvalue weighted by Gasteiger charge is 2.18. The van der Waals surface area contributed by atoms with E-state index < -0.39 is 23.3 Å². The molecule has 0 aliphatic carbocycles. The molecule has 0 bridgehead atoms. The van der Waals surface area contributed by atoms with Crippen LogP contribution in [0.3, 0.4) is 0 Å². The topological polar surface area (TPSA) is 84.9 Å². The van der Waals surface area contributed by atoms with Crippen molar-refractivity contribution in [1.29, 1.82) is 0 Å². The van der Waals surface area contributed by atoms with Gasteiger partial charge in [-0.2, -0.15) is 0 Å². The van der Waals surface area contributed by atoms with Gasteiger partial charge in [-0.25, -0.2) is 9.18 Å². The van der Waals surface area contributed by atoms with Crippen LogP contribution < -0.4 is 14.8 Å². The standard InChI is InChI=1S/C20H21BrFNO5/c1-10(2)27-16-7-12(8-17(18(16)21)28-11(3)4)19(24)23-13-5-6-14(20(25)26)15(22)9-13/h5-11H,1-4H3,(H,23,24)(H,25,26). The van der Waals surface area contributed by atoms with Crippen LogP contribution in [0, 0.1) is 5.82 Å². The summed E-state index contributed by atoms with van der Waals surface area (Å²) in [5.74, 6) is -1.96. The van der Waals surface area contributed by atoms with Crippen LogP contribution in [0.5, 0.6) is 11.5 Å². The lowest BCUT2D eigenvalue weighted by Crippen LogP contribution is -2.15. The summed E-state index contributed by atoms with van der Waals surface area (Å²) in [5, 5.41) is 11.4. The normalized spacial score (nSPS) is 10.9. The first-order valence-electron chi connectivity index (χ1n) is 8.59. The lowest BCUT2D eigenvalue weighted by atomic mass is 10.1. The molecular formula is C20H21BrFNO5. The summed E-state index contributed by atoms with van der Waals surface area (Å²) in [5.41, 5.74) is -0.0906. The average Bonchev–Trinajstić information content (AvgIpc) is 2.57. The molecule has 0 radical (unpaired) electrons. The van der Waals surface area contributed by atoms with Crippen molar-refractivity contribution in [1.82, 2.24) is 0 Å². The van der Waals surface area contributed by atoms with Gasteiger partial charge in [0.2, 0.25) is 0 Å². The molecule has 0 atom stereocenters. The third-order valence-electron chi connectivity index (χ3n) is 3.45. The molecule has 0 saturated heterocycles. The molecule has 2 aromatic rings. The van der Waals surface area contributed by atoms with E-state index in [2.05, 4.69) is 21.2 Å². The van der Waals surface area contributed by atoms with Crippen LogP contribution in [0.25, 0.3) is 0 Å². The maximum Gasteiger partial charge on any atom is 0.338 e. The SMILES string of the molecule is CC(C)Oc1cc(C(=O)Nc2ccc(C(=O)O)c(F)c2)cc(OC(C)C)c1Br. The first kappa shape index (κ1) is 21.7. The van der Waals surface area contributed by atoms with E-state index in [9.17, 15) is 14.0 Å². The zero-order valence-corrected chi connectivity index (χ0v) is 17.5. The van der Waals surface area contributed by atoms with Crippen molar-refractivity contribution in [2.24, 2.45) is 0 Å². The van der Waals surface area contributed by atoms with E-state index in [4.69, 9.17) is 14.6 Å². The van der Waals surface area contributed by atoms with Crippen molar-refractivity contribution in [3.05, 3.63) is 51.7 Å². The lowest BCUT2D eigenvalue weighted by Gasteiger charge is -2.18. The molecule has 6 nitrogen and oxygen atoms in total. The quantitative estimate of drug-likeness (QED) is 0.607. The zero-order valence-electron chi connectivity index (χ0n) is 15.9. The van der Waals surface area contributed by atoms with Gasteiger partial charge in [0.1, 0.15) is 21.8 Å². The molecule has 0 saturated carbocycles. The van der Waals surface area contributed by atoms with E-state index in [1.54, 1.807) is 12.1 Å². The van der Waals surface area contributed by atoms with E-state index in [-0.39, 0.29) is 23.5 Å². The fourth-order valence-corrected chi connectivity index (χ4v) is 2.77. The third-order valence-corrected chi connectivity index (χ3v) is 4.23. The number of carbonyl (C=O) groups is 2. The highest BCUT2D eigenvalue weighted by molar-refractivity contribution is 9.10. The van der Waals surface area contributed by atoms with E-state index in [0.29, 0.717) is 16.0 Å². The number of anilines is 1.